The number of carbonyl (C=O) groups is 1. The van der Waals surface area contributed by atoms with E-state index in [0.29, 0.717) is 10.6 Å². The highest BCUT2D eigenvalue weighted by Gasteiger charge is 2.38. The fraction of sp³-hybridized carbons (Fsp3) is 0.391. The summed E-state index contributed by atoms with van der Waals surface area (Å²) in [5.74, 6) is -0.671. The maximum absolute atomic E-state index is 13.2. The molecule has 0 unspecified atom stereocenters. The molecule has 3 aromatic rings. The van der Waals surface area contributed by atoms with Crippen molar-refractivity contribution in [3.8, 4) is 0 Å². The van der Waals surface area contributed by atoms with Crippen LogP contribution in [0, 0.1) is 0 Å². The van der Waals surface area contributed by atoms with Gasteiger partial charge in [-0.05, 0) is 48.8 Å². The Balaban J connectivity index is 1.43. The Bertz CT molecular complexity index is 1310. The van der Waals surface area contributed by atoms with E-state index in [9.17, 15) is 26.4 Å². The van der Waals surface area contributed by atoms with E-state index in [2.05, 4.69) is 4.98 Å². The number of sulfone groups is 1. The minimum Gasteiger partial charge on any atom is -0.329 e. The maximum atomic E-state index is 13.2. The van der Waals surface area contributed by atoms with Crippen molar-refractivity contribution in [2.75, 3.05) is 0 Å². The highest BCUT2D eigenvalue weighted by Crippen LogP contribution is 2.40. The Kier molecular flexibility index (Phi) is 5.79. The van der Waals surface area contributed by atoms with Crippen LogP contribution in [0.1, 0.15) is 58.2 Å². The molecule has 0 saturated heterocycles. The molecule has 0 spiro atoms. The van der Waals surface area contributed by atoms with E-state index < -0.39 is 27.3 Å². The lowest BCUT2D eigenvalue weighted by molar-refractivity contribution is -0.137. The second kappa shape index (κ2) is 8.53. The lowest BCUT2D eigenvalue weighted by Gasteiger charge is -2.23. The molecular formula is C23H22F3N3O3S2. The maximum Gasteiger partial charge on any atom is 0.416 e. The highest BCUT2D eigenvalue weighted by molar-refractivity contribution is 7.90. The Morgan fingerprint density at radius 1 is 1.15 bits per heavy atom. The molecule has 2 aliphatic rings. The third-order valence-corrected chi connectivity index (χ3v) is 8.38. The van der Waals surface area contributed by atoms with Gasteiger partial charge in [0, 0.05) is 12.1 Å². The first kappa shape index (κ1) is 23.1. The van der Waals surface area contributed by atoms with Crippen LogP contribution in [0.5, 0.6) is 0 Å². The standard InChI is InChI=1S/C23H22F3N3O3S2/c24-23(25,26)16-4-1-3-15(11-16)14-34(31,32)22-27-12-19(29(22)18-8-9-18)13-28(17-6-7-17)21(30)20-5-2-10-33-20/h1-5,10-12,17-18H,6-9,13-14H2. The van der Waals surface area contributed by atoms with Crippen LogP contribution in [-0.2, 0) is 28.3 Å². The van der Waals surface area contributed by atoms with Crippen LogP contribution >= 0.6 is 11.3 Å². The molecule has 0 radical (unpaired) electrons. The molecule has 2 aromatic heterocycles. The van der Waals surface area contributed by atoms with Gasteiger partial charge in [-0.3, -0.25) is 4.79 Å². The van der Waals surface area contributed by atoms with Gasteiger partial charge in [0.15, 0.2) is 0 Å². The van der Waals surface area contributed by atoms with Gasteiger partial charge in [-0.2, -0.15) is 13.2 Å². The van der Waals surface area contributed by atoms with Gasteiger partial charge in [-0.15, -0.1) is 11.3 Å². The Hall–Kier alpha value is -2.66. The third-order valence-electron chi connectivity index (χ3n) is 5.95. The van der Waals surface area contributed by atoms with E-state index in [4.69, 9.17) is 0 Å². The molecule has 2 heterocycles. The van der Waals surface area contributed by atoms with Gasteiger partial charge in [-0.1, -0.05) is 24.3 Å². The fourth-order valence-corrected chi connectivity index (χ4v) is 6.24. The number of halogens is 3. The molecule has 6 nitrogen and oxygen atoms in total. The topological polar surface area (TPSA) is 72.3 Å². The van der Waals surface area contributed by atoms with Gasteiger partial charge in [-0.25, -0.2) is 13.4 Å². The zero-order valence-corrected chi connectivity index (χ0v) is 19.7. The normalized spacial score (nSPS) is 16.6. The van der Waals surface area contributed by atoms with E-state index in [0.717, 1.165) is 37.8 Å². The van der Waals surface area contributed by atoms with Crippen LogP contribution in [0.4, 0.5) is 13.2 Å². The molecule has 2 saturated carbocycles. The number of rotatable bonds is 8. The second-order valence-corrected chi connectivity index (χ2v) is 11.6. The summed E-state index contributed by atoms with van der Waals surface area (Å²) in [6, 6.07) is 8.00. The summed E-state index contributed by atoms with van der Waals surface area (Å²) >= 11 is 1.36. The van der Waals surface area contributed by atoms with Crippen molar-refractivity contribution in [3.63, 3.8) is 0 Å². The number of imidazole rings is 1. The van der Waals surface area contributed by atoms with Gasteiger partial charge < -0.3 is 9.47 Å². The number of amides is 1. The van der Waals surface area contributed by atoms with E-state index >= 15 is 0 Å². The molecular weight excluding hydrogens is 487 g/mol. The molecule has 2 fully saturated rings. The Morgan fingerprint density at radius 3 is 2.53 bits per heavy atom. The zero-order chi connectivity index (χ0) is 24.1. The fourth-order valence-electron chi connectivity index (χ4n) is 4.04. The van der Waals surface area contributed by atoms with Crippen LogP contribution in [-0.4, -0.2) is 34.8 Å². The number of hydrogen-bond donors (Lipinski definition) is 0. The lowest BCUT2D eigenvalue weighted by Crippen LogP contribution is -2.33. The Morgan fingerprint density at radius 2 is 1.91 bits per heavy atom. The second-order valence-electron chi connectivity index (χ2n) is 8.73. The summed E-state index contributed by atoms with van der Waals surface area (Å²) < 4.78 is 67.3. The summed E-state index contributed by atoms with van der Waals surface area (Å²) in [5, 5.41) is 1.69. The van der Waals surface area contributed by atoms with Crippen molar-refractivity contribution in [2.45, 2.75) is 61.4 Å². The molecule has 1 amide bonds. The molecule has 180 valence electrons. The van der Waals surface area contributed by atoms with Gasteiger partial charge in [0.25, 0.3) is 5.91 Å². The molecule has 0 atom stereocenters. The molecule has 11 heteroatoms. The predicted octanol–water partition coefficient (Wildman–Crippen LogP) is 5.08. The molecule has 0 aliphatic heterocycles. The first-order chi connectivity index (χ1) is 16.1. The highest BCUT2D eigenvalue weighted by atomic mass is 32.2. The summed E-state index contributed by atoms with van der Waals surface area (Å²) in [6.45, 7) is 0.240. The van der Waals surface area contributed by atoms with Crippen molar-refractivity contribution < 1.29 is 26.4 Å². The van der Waals surface area contributed by atoms with Crippen molar-refractivity contribution in [1.82, 2.24) is 14.5 Å². The van der Waals surface area contributed by atoms with E-state index in [-0.39, 0.29) is 35.3 Å². The van der Waals surface area contributed by atoms with E-state index in [1.165, 1.54) is 29.7 Å². The van der Waals surface area contributed by atoms with Crippen LogP contribution in [0.2, 0.25) is 0 Å². The third kappa shape index (κ3) is 4.76. The smallest absolute Gasteiger partial charge is 0.329 e. The van der Waals surface area contributed by atoms with Crippen LogP contribution in [0.25, 0.3) is 0 Å². The van der Waals surface area contributed by atoms with Crippen LogP contribution < -0.4 is 0 Å². The van der Waals surface area contributed by atoms with E-state index in [1.54, 1.807) is 15.5 Å². The zero-order valence-electron chi connectivity index (χ0n) is 18.0. The average molecular weight is 510 g/mol. The minimum absolute atomic E-state index is 0.0401. The Labute approximate surface area is 199 Å². The quantitative estimate of drug-likeness (QED) is 0.425. The number of aromatic nitrogens is 2. The van der Waals surface area contributed by atoms with Crippen molar-refractivity contribution in [3.05, 3.63) is 69.7 Å². The first-order valence-corrected chi connectivity index (χ1v) is 13.5. The largest absolute Gasteiger partial charge is 0.416 e. The number of thiophene rings is 1. The van der Waals surface area contributed by atoms with Crippen LogP contribution in [0.15, 0.2) is 53.1 Å². The van der Waals surface area contributed by atoms with Crippen molar-refractivity contribution >= 4 is 27.1 Å². The van der Waals surface area contributed by atoms with Crippen LogP contribution in [0.3, 0.4) is 0 Å². The molecule has 0 N–H and O–H groups in total. The summed E-state index contributed by atoms with van der Waals surface area (Å²) in [5.41, 5.74) is -0.213. The number of hydrogen-bond acceptors (Lipinski definition) is 5. The SMILES string of the molecule is O=C(c1cccs1)N(Cc1cnc(S(=O)(=O)Cc2cccc(C(F)(F)F)c2)n1C1CC1)C1CC1. The summed E-state index contributed by atoms with van der Waals surface area (Å²) in [7, 11) is -4.01. The first-order valence-electron chi connectivity index (χ1n) is 10.9. The van der Waals surface area contributed by atoms with Gasteiger partial charge >= 0.3 is 6.18 Å². The van der Waals surface area contributed by atoms with Crippen molar-refractivity contribution in [1.29, 1.82) is 0 Å². The number of alkyl halides is 3. The van der Waals surface area contributed by atoms with Crippen molar-refractivity contribution in [2.24, 2.45) is 0 Å². The van der Waals surface area contributed by atoms with Gasteiger partial charge in [0.05, 0.1) is 34.6 Å². The number of benzene rings is 1. The average Bonchev–Trinajstić information content (AvgIpc) is 3.70. The molecule has 5 rings (SSSR count). The predicted molar refractivity (Wildman–Crippen MR) is 120 cm³/mol. The number of carbonyl (C=O) groups excluding carboxylic acids is 1. The number of nitrogens with zero attached hydrogens (tertiary/aromatic N) is 3. The van der Waals surface area contributed by atoms with Gasteiger partial charge in [0.1, 0.15) is 0 Å². The lowest BCUT2D eigenvalue weighted by atomic mass is 10.1. The summed E-state index contributed by atoms with van der Waals surface area (Å²) in [4.78, 5) is 19.6. The van der Waals surface area contributed by atoms with Gasteiger partial charge in [0.2, 0.25) is 15.0 Å². The molecule has 2 aliphatic carbocycles. The monoisotopic (exact) mass is 509 g/mol. The van der Waals surface area contributed by atoms with E-state index in [1.807, 2.05) is 11.4 Å². The summed E-state index contributed by atoms with van der Waals surface area (Å²) in [6.07, 6.45) is 0.301. The molecule has 34 heavy (non-hydrogen) atoms. The molecule has 0 bridgehead atoms. The minimum atomic E-state index is -4.55. The molecule has 1 aromatic carbocycles.